The van der Waals surface area contributed by atoms with E-state index in [0.29, 0.717) is 17.0 Å². The van der Waals surface area contributed by atoms with Crippen molar-refractivity contribution in [2.75, 3.05) is 19.0 Å². The number of aromatic hydroxyl groups is 1. The maximum absolute atomic E-state index is 9.95. The van der Waals surface area contributed by atoms with Crippen LogP contribution in [-0.2, 0) is 0 Å². The minimum atomic E-state index is 0.181. The molecule has 0 atom stereocenters. The van der Waals surface area contributed by atoms with Crippen LogP contribution in [0.1, 0.15) is 0 Å². The summed E-state index contributed by atoms with van der Waals surface area (Å²) in [7, 11) is 3.86. The third-order valence-electron chi connectivity index (χ3n) is 3.00. The number of hydrogen-bond donors (Lipinski definition) is 2. The van der Waals surface area contributed by atoms with Crippen molar-refractivity contribution in [1.29, 1.82) is 0 Å². The maximum atomic E-state index is 9.95. The molecule has 0 aliphatic heterocycles. The second-order valence-corrected chi connectivity index (χ2v) is 5.60. The molecule has 6 heteroatoms. The van der Waals surface area contributed by atoms with Crippen molar-refractivity contribution in [2.45, 2.75) is 0 Å². The Kier molecular flexibility index (Phi) is 3.10. The average Bonchev–Trinajstić information content (AvgIpc) is 2.83. The van der Waals surface area contributed by atoms with Crippen LogP contribution in [0, 0.1) is 0 Å². The van der Waals surface area contributed by atoms with E-state index in [-0.39, 0.29) is 5.75 Å². The van der Waals surface area contributed by atoms with Crippen molar-refractivity contribution in [1.82, 2.24) is 15.0 Å². The quantitative estimate of drug-likeness (QED) is 0.756. The van der Waals surface area contributed by atoms with Crippen LogP contribution in [0.3, 0.4) is 0 Å². The summed E-state index contributed by atoms with van der Waals surface area (Å²) in [5, 5.41) is 9.95. The van der Waals surface area contributed by atoms with Crippen molar-refractivity contribution >= 4 is 32.9 Å². The minimum Gasteiger partial charge on any atom is -0.507 e. The summed E-state index contributed by atoms with van der Waals surface area (Å²) in [6, 6.07) is 9.09. The normalized spacial score (nSPS) is 10.9. The summed E-state index contributed by atoms with van der Waals surface area (Å²) in [5.41, 5.74) is 2.11. The van der Waals surface area contributed by atoms with Gasteiger partial charge in [0.05, 0.1) is 11.1 Å². The Morgan fingerprint density at radius 2 is 1.95 bits per heavy atom. The molecular weight excluding hydrogens is 320 g/mol. The zero-order chi connectivity index (χ0) is 14.3. The predicted octanol–water partition coefficient (Wildman–Crippen LogP) is 3.16. The van der Waals surface area contributed by atoms with Gasteiger partial charge in [-0.15, -0.1) is 0 Å². The van der Waals surface area contributed by atoms with Crippen LogP contribution in [-0.4, -0.2) is 34.2 Å². The highest BCUT2D eigenvalue weighted by atomic mass is 79.9. The number of H-pyrrole nitrogens is 1. The number of anilines is 1. The van der Waals surface area contributed by atoms with E-state index in [9.17, 15) is 5.11 Å². The molecule has 0 saturated carbocycles. The van der Waals surface area contributed by atoms with Crippen LogP contribution in [0.25, 0.3) is 22.6 Å². The number of phenols is 1. The summed E-state index contributed by atoms with van der Waals surface area (Å²) >= 11 is 3.39. The van der Waals surface area contributed by atoms with Crippen LogP contribution >= 0.6 is 15.9 Å². The molecule has 3 aromatic rings. The van der Waals surface area contributed by atoms with Crippen molar-refractivity contribution < 1.29 is 5.11 Å². The highest BCUT2D eigenvalue weighted by Crippen LogP contribution is 2.31. The Labute approximate surface area is 124 Å². The van der Waals surface area contributed by atoms with Crippen LogP contribution in [0.15, 0.2) is 34.8 Å². The largest absolute Gasteiger partial charge is 0.507 e. The second kappa shape index (κ2) is 4.79. The summed E-state index contributed by atoms with van der Waals surface area (Å²) < 4.78 is 0.882. The van der Waals surface area contributed by atoms with Crippen molar-refractivity contribution in [2.24, 2.45) is 0 Å². The Bertz CT molecular complexity index is 782. The molecule has 0 spiro atoms. The molecule has 0 unspecified atom stereocenters. The zero-order valence-corrected chi connectivity index (χ0v) is 12.6. The lowest BCUT2D eigenvalue weighted by Gasteiger charge is -2.09. The molecule has 0 amide bonds. The van der Waals surface area contributed by atoms with E-state index in [2.05, 4.69) is 30.9 Å². The third kappa shape index (κ3) is 2.22. The molecule has 1 aromatic carbocycles. The second-order valence-electron chi connectivity index (χ2n) is 4.68. The Morgan fingerprint density at radius 3 is 2.70 bits per heavy atom. The van der Waals surface area contributed by atoms with E-state index < -0.39 is 0 Å². The fourth-order valence-corrected chi connectivity index (χ4v) is 2.32. The van der Waals surface area contributed by atoms with Gasteiger partial charge >= 0.3 is 0 Å². The Hall–Kier alpha value is -2.08. The summed E-state index contributed by atoms with van der Waals surface area (Å²) in [5.74, 6) is 1.62. The first-order chi connectivity index (χ1) is 9.54. The molecule has 0 saturated heterocycles. The van der Waals surface area contributed by atoms with E-state index in [1.165, 1.54) is 0 Å². The Balaban J connectivity index is 2.15. The van der Waals surface area contributed by atoms with E-state index in [0.717, 1.165) is 15.8 Å². The van der Waals surface area contributed by atoms with Gasteiger partial charge in [0.2, 0.25) is 0 Å². The number of benzene rings is 1. The lowest BCUT2D eigenvalue weighted by molar-refractivity contribution is 0.477. The fraction of sp³-hybridized carbons (Fsp3) is 0.143. The van der Waals surface area contributed by atoms with Gasteiger partial charge in [0.1, 0.15) is 17.4 Å². The lowest BCUT2D eigenvalue weighted by Crippen LogP contribution is -2.10. The van der Waals surface area contributed by atoms with Gasteiger partial charge in [-0.05, 0) is 30.3 Å². The number of pyridine rings is 1. The summed E-state index contributed by atoms with van der Waals surface area (Å²) in [6.07, 6.45) is 0. The smallest absolute Gasteiger partial charge is 0.180 e. The molecule has 2 heterocycles. The number of imidazole rings is 1. The zero-order valence-electron chi connectivity index (χ0n) is 11.1. The van der Waals surface area contributed by atoms with E-state index >= 15 is 0 Å². The number of rotatable bonds is 2. The van der Waals surface area contributed by atoms with Gasteiger partial charge in [-0.3, -0.25) is 0 Å². The monoisotopic (exact) mass is 332 g/mol. The van der Waals surface area contributed by atoms with Gasteiger partial charge < -0.3 is 15.0 Å². The molecule has 0 radical (unpaired) electrons. The van der Waals surface area contributed by atoms with Crippen molar-refractivity contribution in [3.05, 3.63) is 34.8 Å². The summed E-state index contributed by atoms with van der Waals surface area (Å²) in [6.45, 7) is 0. The number of phenolic OH excluding ortho intramolecular Hbond substituents is 1. The van der Waals surface area contributed by atoms with Gasteiger partial charge in [-0.25, -0.2) is 9.97 Å². The number of aromatic amines is 1. The molecule has 0 aliphatic rings. The molecule has 20 heavy (non-hydrogen) atoms. The molecule has 0 bridgehead atoms. The SMILES string of the molecule is CN(C)c1ccc2[nH]c(-c3cc(Br)ccc3O)nc2n1. The number of nitrogens with zero attached hydrogens (tertiary/aromatic N) is 3. The van der Waals surface area contributed by atoms with Gasteiger partial charge in [0.15, 0.2) is 5.65 Å². The van der Waals surface area contributed by atoms with E-state index in [1.807, 2.05) is 37.2 Å². The van der Waals surface area contributed by atoms with Gasteiger partial charge in [-0.1, -0.05) is 15.9 Å². The fourth-order valence-electron chi connectivity index (χ4n) is 1.96. The number of halogens is 1. The average molecular weight is 333 g/mol. The first-order valence-electron chi connectivity index (χ1n) is 6.07. The first kappa shape index (κ1) is 12.9. The van der Waals surface area contributed by atoms with E-state index in [1.54, 1.807) is 12.1 Å². The highest BCUT2D eigenvalue weighted by molar-refractivity contribution is 9.10. The number of fused-ring (bicyclic) bond motifs is 1. The van der Waals surface area contributed by atoms with Crippen molar-refractivity contribution in [3.8, 4) is 17.1 Å². The molecule has 5 nitrogen and oxygen atoms in total. The molecule has 0 fully saturated rings. The van der Waals surface area contributed by atoms with Gasteiger partial charge in [0.25, 0.3) is 0 Å². The highest BCUT2D eigenvalue weighted by Gasteiger charge is 2.11. The molecule has 102 valence electrons. The molecular formula is C14H13BrN4O. The van der Waals surface area contributed by atoms with Crippen LogP contribution < -0.4 is 4.90 Å². The molecule has 2 aromatic heterocycles. The topological polar surface area (TPSA) is 65.0 Å². The molecule has 0 aliphatic carbocycles. The standard InChI is InChI=1S/C14H13BrN4O/c1-19(2)12-6-4-10-14(17-12)18-13(16-10)9-7-8(15)3-5-11(9)20/h3-7,20H,1-2H3,(H,16,17,18). The van der Waals surface area contributed by atoms with Gasteiger partial charge in [-0.2, -0.15) is 0 Å². The lowest BCUT2D eigenvalue weighted by atomic mass is 10.2. The van der Waals surface area contributed by atoms with Crippen LogP contribution in [0.2, 0.25) is 0 Å². The molecule has 3 rings (SSSR count). The van der Waals surface area contributed by atoms with Crippen molar-refractivity contribution in [3.63, 3.8) is 0 Å². The minimum absolute atomic E-state index is 0.181. The van der Waals surface area contributed by atoms with Crippen LogP contribution in [0.4, 0.5) is 5.82 Å². The van der Waals surface area contributed by atoms with E-state index in [4.69, 9.17) is 0 Å². The van der Waals surface area contributed by atoms with Crippen LogP contribution in [0.5, 0.6) is 5.75 Å². The Morgan fingerprint density at radius 1 is 1.15 bits per heavy atom. The first-order valence-corrected chi connectivity index (χ1v) is 6.87. The molecule has 2 N–H and O–H groups in total. The number of aromatic nitrogens is 3. The predicted molar refractivity (Wildman–Crippen MR) is 83.0 cm³/mol. The van der Waals surface area contributed by atoms with Gasteiger partial charge in [0, 0.05) is 18.6 Å². The summed E-state index contributed by atoms with van der Waals surface area (Å²) in [4.78, 5) is 14.0. The number of hydrogen-bond acceptors (Lipinski definition) is 4. The third-order valence-corrected chi connectivity index (χ3v) is 3.50. The number of nitrogens with one attached hydrogen (secondary N) is 1. The maximum Gasteiger partial charge on any atom is 0.180 e.